The van der Waals surface area contributed by atoms with Crippen LogP contribution in [0.4, 0.5) is 0 Å². The van der Waals surface area contributed by atoms with Gasteiger partial charge in [0.1, 0.15) is 6.61 Å². The van der Waals surface area contributed by atoms with Gasteiger partial charge in [0.2, 0.25) is 0 Å². The molecule has 0 N–H and O–H groups in total. The van der Waals surface area contributed by atoms with E-state index in [2.05, 4.69) is 31.2 Å². The Hall–Kier alpha value is -1.57. The molecule has 0 amide bonds. The van der Waals surface area contributed by atoms with Crippen molar-refractivity contribution in [3.05, 3.63) is 41.0 Å². The number of benzene rings is 1. The van der Waals surface area contributed by atoms with Crippen molar-refractivity contribution < 1.29 is 9.53 Å². The highest BCUT2D eigenvalue weighted by Crippen LogP contribution is 2.09. The van der Waals surface area contributed by atoms with Crippen molar-refractivity contribution in [2.45, 2.75) is 27.2 Å². The standard InChI is InChI=1S/C14H18O2/c1-4-13-5-7-14(8-6-13)9-11(2)10-16-12(3)15/h5-9H,4,10H2,1-3H3. The molecule has 2 heteroatoms. The third-order valence-corrected chi connectivity index (χ3v) is 2.30. The van der Waals surface area contributed by atoms with Crippen LogP contribution in [0.1, 0.15) is 31.9 Å². The zero-order valence-electron chi connectivity index (χ0n) is 10.1. The zero-order valence-corrected chi connectivity index (χ0v) is 10.1. The van der Waals surface area contributed by atoms with E-state index < -0.39 is 0 Å². The van der Waals surface area contributed by atoms with Crippen LogP contribution in [0, 0.1) is 0 Å². The van der Waals surface area contributed by atoms with E-state index in [1.807, 2.05) is 13.0 Å². The smallest absolute Gasteiger partial charge is 0.302 e. The minimum atomic E-state index is -0.242. The van der Waals surface area contributed by atoms with Crippen LogP contribution in [0.25, 0.3) is 6.08 Å². The Morgan fingerprint density at radius 1 is 1.25 bits per heavy atom. The van der Waals surface area contributed by atoms with Crippen LogP contribution in [-0.2, 0) is 16.0 Å². The van der Waals surface area contributed by atoms with Gasteiger partial charge in [-0.05, 0) is 30.0 Å². The molecule has 0 fully saturated rings. The number of ether oxygens (including phenoxy) is 1. The van der Waals surface area contributed by atoms with Crippen LogP contribution in [-0.4, -0.2) is 12.6 Å². The van der Waals surface area contributed by atoms with Crippen molar-refractivity contribution in [3.8, 4) is 0 Å². The van der Waals surface area contributed by atoms with E-state index >= 15 is 0 Å². The van der Waals surface area contributed by atoms with Gasteiger partial charge in [-0.2, -0.15) is 0 Å². The maximum Gasteiger partial charge on any atom is 0.302 e. The maximum absolute atomic E-state index is 10.6. The molecule has 1 aromatic rings. The van der Waals surface area contributed by atoms with E-state index in [1.54, 1.807) is 0 Å². The first-order chi connectivity index (χ1) is 7.61. The molecule has 2 nitrogen and oxygen atoms in total. The van der Waals surface area contributed by atoms with Crippen LogP contribution >= 0.6 is 0 Å². The molecule has 1 rings (SSSR count). The van der Waals surface area contributed by atoms with Gasteiger partial charge in [0.25, 0.3) is 0 Å². The lowest BCUT2D eigenvalue weighted by atomic mass is 10.1. The quantitative estimate of drug-likeness (QED) is 0.725. The normalized spacial score (nSPS) is 11.3. The lowest BCUT2D eigenvalue weighted by Gasteiger charge is -2.03. The van der Waals surface area contributed by atoms with Crippen LogP contribution in [0.3, 0.4) is 0 Å². The first-order valence-electron chi connectivity index (χ1n) is 5.51. The number of carbonyl (C=O) groups is 1. The van der Waals surface area contributed by atoms with E-state index in [-0.39, 0.29) is 5.97 Å². The second-order valence-electron chi connectivity index (χ2n) is 3.87. The summed E-state index contributed by atoms with van der Waals surface area (Å²) in [6.07, 6.45) is 3.08. The monoisotopic (exact) mass is 218 g/mol. The van der Waals surface area contributed by atoms with Crippen molar-refractivity contribution in [1.29, 1.82) is 0 Å². The first kappa shape index (κ1) is 12.5. The van der Waals surface area contributed by atoms with Gasteiger partial charge in [-0.1, -0.05) is 37.3 Å². The van der Waals surface area contributed by atoms with Crippen LogP contribution in [0.15, 0.2) is 29.8 Å². The summed E-state index contributed by atoms with van der Waals surface area (Å²) in [5, 5.41) is 0. The molecule has 0 aliphatic heterocycles. The summed E-state index contributed by atoms with van der Waals surface area (Å²) in [6.45, 7) is 5.88. The summed E-state index contributed by atoms with van der Waals surface area (Å²) in [5.74, 6) is -0.242. The fourth-order valence-electron chi connectivity index (χ4n) is 1.39. The average Bonchev–Trinajstić information content (AvgIpc) is 2.27. The summed E-state index contributed by atoms with van der Waals surface area (Å²) >= 11 is 0. The highest BCUT2D eigenvalue weighted by atomic mass is 16.5. The Morgan fingerprint density at radius 3 is 2.38 bits per heavy atom. The summed E-state index contributed by atoms with van der Waals surface area (Å²) in [4.78, 5) is 10.6. The van der Waals surface area contributed by atoms with E-state index in [9.17, 15) is 4.79 Å². The lowest BCUT2D eigenvalue weighted by Crippen LogP contribution is -2.01. The largest absolute Gasteiger partial charge is 0.461 e. The molecule has 0 bridgehead atoms. The van der Waals surface area contributed by atoms with Crippen molar-refractivity contribution >= 4 is 12.0 Å². The number of aryl methyl sites for hydroxylation is 1. The zero-order chi connectivity index (χ0) is 12.0. The van der Waals surface area contributed by atoms with Gasteiger partial charge in [0.05, 0.1) is 0 Å². The van der Waals surface area contributed by atoms with E-state index in [1.165, 1.54) is 12.5 Å². The summed E-state index contributed by atoms with van der Waals surface area (Å²) in [5.41, 5.74) is 3.51. The van der Waals surface area contributed by atoms with Gasteiger partial charge in [-0.25, -0.2) is 0 Å². The number of rotatable bonds is 4. The Labute approximate surface area is 96.9 Å². The predicted octanol–water partition coefficient (Wildman–Crippen LogP) is 3.22. The number of hydrogen-bond donors (Lipinski definition) is 0. The van der Waals surface area contributed by atoms with Crippen LogP contribution in [0.5, 0.6) is 0 Å². The molecule has 0 saturated carbocycles. The molecule has 86 valence electrons. The molecule has 0 heterocycles. The third kappa shape index (κ3) is 4.30. The van der Waals surface area contributed by atoms with Crippen molar-refractivity contribution in [3.63, 3.8) is 0 Å². The van der Waals surface area contributed by atoms with Crippen molar-refractivity contribution in [1.82, 2.24) is 0 Å². The van der Waals surface area contributed by atoms with Gasteiger partial charge in [0.15, 0.2) is 0 Å². The molecule has 0 atom stereocenters. The summed E-state index contributed by atoms with van der Waals surface area (Å²) in [6, 6.07) is 8.39. The molecule has 0 radical (unpaired) electrons. The van der Waals surface area contributed by atoms with Gasteiger partial charge >= 0.3 is 5.97 Å². The maximum atomic E-state index is 10.6. The number of hydrogen-bond acceptors (Lipinski definition) is 2. The number of carbonyl (C=O) groups excluding carboxylic acids is 1. The molecule has 0 aliphatic carbocycles. The lowest BCUT2D eigenvalue weighted by molar-refractivity contribution is -0.139. The average molecular weight is 218 g/mol. The van der Waals surface area contributed by atoms with E-state index in [0.717, 1.165) is 17.6 Å². The molecule has 0 aromatic heterocycles. The predicted molar refractivity (Wildman–Crippen MR) is 66.1 cm³/mol. The Bertz CT molecular complexity index is 374. The Balaban J connectivity index is 2.62. The fourth-order valence-corrected chi connectivity index (χ4v) is 1.39. The first-order valence-corrected chi connectivity index (χ1v) is 5.51. The van der Waals surface area contributed by atoms with Crippen molar-refractivity contribution in [2.75, 3.05) is 6.61 Å². The van der Waals surface area contributed by atoms with Gasteiger partial charge < -0.3 is 4.74 Å². The molecule has 1 aromatic carbocycles. The number of esters is 1. The highest BCUT2D eigenvalue weighted by Gasteiger charge is 1.95. The fraction of sp³-hybridized carbons (Fsp3) is 0.357. The molecule has 0 spiro atoms. The molecule has 0 aliphatic rings. The molecular formula is C14H18O2. The molecule has 0 unspecified atom stereocenters. The second-order valence-corrected chi connectivity index (χ2v) is 3.87. The van der Waals surface area contributed by atoms with Gasteiger partial charge in [-0.15, -0.1) is 0 Å². The Morgan fingerprint density at radius 2 is 1.88 bits per heavy atom. The summed E-state index contributed by atoms with van der Waals surface area (Å²) in [7, 11) is 0. The Kier molecular flexibility index (Phi) is 4.77. The second kappa shape index (κ2) is 6.11. The van der Waals surface area contributed by atoms with E-state index in [4.69, 9.17) is 4.74 Å². The topological polar surface area (TPSA) is 26.3 Å². The molecule has 0 saturated heterocycles. The molecule has 16 heavy (non-hydrogen) atoms. The van der Waals surface area contributed by atoms with Crippen LogP contribution < -0.4 is 0 Å². The van der Waals surface area contributed by atoms with Gasteiger partial charge in [-0.3, -0.25) is 4.79 Å². The minimum Gasteiger partial charge on any atom is -0.461 e. The van der Waals surface area contributed by atoms with E-state index in [0.29, 0.717) is 6.61 Å². The SMILES string of the molecule is CCc1ccc(C=C(C)COC(C)=O)cc1. The van der Waals surface area contributed by atoms with Crippen LogP contribution in [0.2, 0.25) is 0 Å². The third-order valence-electron chi connectivity index (χ3n) is 2.30. The summed E-state index contributed by atoms with van der Waals surface area (Å²) < 4.78 is 4.91. The molecular weight excluding hydrogens is 200 g/mol. The highest BCUT2D eigenvalue weighted by molar-refractivity contribution is 5.66. The van der Waals surface area contributed by atoms with Gasteiger partial charge in [0, 0.05) is 6.92 Å². The van der Waals surface area contributed by atoms with Crippen molar-refractivity contribution in [2.24, 2.45) is 0 Å². The minimum absolute atomic E-state index is 0.242.